The van der Waals surface area contributed by atoms with Crippen molar-refractivity contribution in [1.29, 1.82) is 0 Å². The molecule has 204 valence electrons. The van der Waals surface area contributed by atoms with Gasteiger partial charge in [-0.25, -0.2) is 0 Å². The zero-order valence-corrected chi connectivity index (χ0v) is 21.1. The van der Waals surface area contributed by atoms with E-state index in [2.05, 4.69) is 10.6 Å². The second-order valence-electron chi connectivity index (χ2n) is 9.86. The molecule has 38 heavy (non-hydrogen) atoms. The van der Waals surface area contributed by atoms with Crippen LogP contribution in [0.1, 0.15) is 53.0 Å². The lowest BCUT2D eigenvalue weighted by Crippen LogP contribution is -2.54. The molecule has 11 heteroatoms. The lowest BCUT2D eigenvalue weighted by atomic mass is 9.88. The molecule has 4 rings (SSSR count). The summed E-state index contributed by atoms with van der Waals surface area (Å²) in [5, 5.41) is 5.74. The fourth-order valence-electron chi connectivity index (χ4n) is 4.49. The van der Waals surface area contributed by atoms with Gasteiger partial charge in [-0.2, -0.15) is 13.2 Å². The van der Waals surface area contributed by atoms with Gasteiger partial charge >= 0.3 is 6.18 Å². The van der Waals surface area contributed by atoms with E-state index >= 15 is 0 Å². The summed E-state index contributed by atoms with van der Waals surface area (Å²) in [7, 11) is 0. The number of alkyl halides is 3. The van der Waals surface area contributed by atoms with Crippen LogP contribution in [0.25, 0.3) is 0 Å². The third-order valence-electron chi connectivity index (χ3n) is 6.65. The number of nitrogens with one attached hydrogen (secondary N) is 2. The van der Waals surface area contributed by atoms with Crippen molar-refractivity contribution in [3.05, 3.63) is 59.2 Å². The van der Waals surface area contributed by atoms with Gasteiger partial charge in [-0.1, -0.05) is 13.8 Å². The number of nitrogens with zero attached hydrogens (tertiary/aromatic N) is 1. The highest BCUT2D eigenvalue weighted by Gasteiger charge is 2.35. The maximum Gasteiger partial charge on any atom is 0.416 e. The molecule has 0 aromatic heterocycles. The van der Waals surface area contributed by atoms with Crippen molar-refractivity contribution in [3.8, 4) is 11.5 Å². The number of benzene rings is 2. The normalized spacial score (nSPS) is 16.3. The Hall–Kier alpha value is -3.76. The first-order valence-corrected chi connectivity index (χ1v) is 12.5. The molecule has 2 aliphatic rings. The number of carbonyl (C=O) groups is 3. The zero-order valence-electron chi connectivity index (χ0n) is 21.1. The summed E-state index contributed by atoms with van der Waals surface area (Å²) < 4.78 is 49.2. The zero-order chi connectivity index (χ0) is 27.4. The summed E-state index contributed by atoms with van der Waals surface area (Å²) in [6, 6.07) is 8.09. The number of piperidine rings is 1. The monoisotopic (exact) mass is 533 g/mol. The fourth-order valence-corrected chi connectivity index (χ4v) is 4.49. The molecule has 1 atom stereocenters. The second kappa shape index (κ2) is 11.3. The highest BCUT2D eigenvalue weighted by molar-refractivity contribution is 5.98. The van der Waals surface area contributed by atoms with Crippen LogP contribution in [0.5, 0.6) is 11.5 Å². The van der Waals surface area contributed by atoms with E-state index in [4.69, 9.17) is 9.47 Å². The summed E-state index contributed by atoms with van der Waals surface area (Å²) in [5.41, 5.74) is -0.328. The van der Waals surface area contributed by atoms with Crippen LogP contribution >= 0.6 is 0 Å². The summed E-state index contributed by atoms with van der Waals surface area (Å²) in [6.45, 7) is 5.05. The molecule has 1 fully saturated rings. The standard InChI is InChI=1S/C27H30F3N3O5/c1-16(2)14-31-25(35)23(32-24(34)19-5-8-21-22(13-19)38-15-37-21)17-9-11-33(12-10-17)26(36)18-3-6-20(7-4-18)27(28,29)30/h3-8,13,16-17,23H,9-12,14-15H2,1-2H3,(H,31,35)(H,32,34)/t23-/m1/s1. The Labute approximate surface area is 218 Å². The van der Waals surface area contributed by atoms with E-state index in [1.54, 1.807) is 23.1 Å². The molecule has 0 radical (unpaired) electrons. The van der Waals surface area contributed by atoms with Crippen molar-refractivity contribution in [3.63, 3.8) is 0 Å². The number of rotatable bonds is 7. The molecule has 8 nitrogen and oxygen atoms in total. The van der Waals surface area contributed by atoms with E-state index in [1.165, 1.54) is 12.1 Å². The Balaban J connectivity index is 1.42. The number of hydrogen-bond acceptors (Lipinski definition) is 5. The minimum absolute atomic E-state index is 0.0738. The first-order chi connectivity index (χ1) is 18.0. The first kappa shape index (κ1) is 27.3. The number of fused-ring (bicyclic) bond motifs is 1. The highest BCUT2D eigenvalue weighted by atomic mass is 19.4. The van der Waals surface area contributed by atoms with Gasteiger partial charge in [0, 0.05) is 30.8 Å². The molecule has 0 bridgehead atoms. The first-order valence-electron chi connectivity index (χ1n) is 12.5. The van der Waals surface area contributed by atoms with Gasteiger partial charge in [-0.15, -0.1) is 0 Å². The summed E-state index contributed by atoms with van der Waals surface area (Å²) in [5.74, 6) is -0.144. The van der Waals surface area contributed by atoms with Crippen molar-refractivity contribution in [2.24, 2.45) is 11.8 Å². The quantitative estimate of drug-likeness (QED) is 0.564. The number of carbonyl (C=O) groups excluding carboxylic acids is 3. The van der Waals surface area contributed by atoms with Crippen LogP contribution in [0, 0.1) is 11.8 Å². The highest BCUT2D eigenvalue weighted by Crippen LogP contribution is 2.33. The van der Waals surface area contributed by atoms with E-state index in [0.29, 0.717) is 49.5 Å². The topological polar surface area (TPSA) is 97.0 Å². The molecule has 0 saturated carbocycles. The van der Waals surface area contributed by atoms with Gasteiger partial charge in [-0.3, -0.25) is 14.4 Å². The third kappa shape index (κ3) is 6.38. The van der Waals surface area contributed by atoms with Crippen LogP contribution in [-0.4, -0.2) is 55.1 Å². The summed E-state index contributed by atoms with van der Waals surface area (Å²) in [4.78, 5) is 40.6. The predicted molar refractivity (Wildman–Crippen MR) is 132 cm³/mol. The van der Waals surface area contributed by atoms with Gasteiger partial charge in [0.1, 0.15) is 6.04 Å². The second-order valence-corrected chi connectivity index (χ2v) is 9.86. The molecule has 2 N–H and O–H groups in total. The van der Waals surface area contributed by atoms with Crippen LogP contribution in [0.15, 0.2) is 42.5 Å². The maximum absolute atomic E-state index is 13.1. The predicted octanol–water partition coefficient (Wildman–Crippen LogP) is 3.86. The third-order valence-corrected chi connectivity index (χ3v) is 6.65. The van der Waals surface area contributed by atoms with Gasteiger partial charge in [0.25, 0.3) is 11.8 Å². The molecule has 0 spiro atoms. The van der Waals surface area contributed by atoms with E-state index < -0.39 is 23.7 Å². The van der Waals surface area contributed by atoms with Crippen LogP contribution in [0.2, 0.25) is 0 Å². The van der Waals surface area contributed by atoms with Crippen molar-refractivity contribution >= 4 is 17.7 Å². The molecule has 2 aromatic rings. The van der Waals surface area contributed by atoms with Crippen LogP contribution in [0.4, 0.5) is 13.2 Å². The number of amides is 3. The number of hydrogen-bond donors (Lipinski definition) is 2. The lowest BCUT2D eigenvalue weighted by Gasteiger charge is -2.36. The molecular formula is C27H30F3N3O5. The minimum atomic E-state index is -4.48. The van der Waals surface area contributed by atoms with Gasteiger partial charge < -0.3 is 25.0 Å². The van der Waals surface area contributed by atoms with Gasteiger partial charge in [0.2, 0.25) is 12.7 Å². The number of likely N-dealkylation sites (tertiary alicyclic amines) is 1. The molecule has 1 saturated heterocycles. The Bertz CT molecular complexity index is 1180. The van der Waals surface area contributed by atoms with E-state index in [-0.39, 0.29) is 36.0 Å². The van der Waals surface area contributed by atoms with Crippen molar-refractivity contribution in [2.75, 3.05) is 26.4 Å². The summed E-state index contributed by atoms with van der Waals surface area (Å²) in [6.07, 6.45) is -3.60. The van der Waals surface area contributed by atoms with Crippen molar-refractivity contribution in [1.82, 2.24) is 15.5 Å². The summed E-state index contributed by atoms with van der Waals surface area (Å²) >= 11 is 0. The number of ether oxygens (including phenoxy) is 2. The Morgan fingerprint density at radius 2 is 1.61 bits per heavy atom. The Kier molecular flexibility index (Phi) is 8.13. The van der Waals surface area contributed by atoms with Gasteiger partial charge in [0.15, 0.2) is 11.5 Å². The van der Waals surface area contributed by atoms with Gasteiger partial charge in [-0.05, 0) is 67.1 Å². The van der Waals surface area contributed by atoms with Crippen molar-refractivity contribution in [2.45, 2.75) is 38.9 Å². The van der Waals surface area contributed by atoms with Gasteiger partial charge in [0.05, 0.1) is 5.56 Å². The number of halogens is 3. The van der Waals surface area contributed by atoms with Crippen molar-refractivity contribution < 1.29 is 37.0 Å². The molecule has 3 amide bonds. The van der Waals surface area contributed by atoms with E-state index in [1.807, 2.05) is 13.8 Å². The molecule has 2 aliphatic heterocycles. The molecule has 2 heterocycles. The van der Waals surface area contributed by atoms with E-state index in [9.17, 15) is 27.6 Å². The molecular weight excluding hydrogens is 503 g/mol. The minimum Gasteiger partial charge on any atom is -0.454 e. The Morgan fingerprint density at radius 3 is 2.24 bits per heavy atom. The largest absolute Gasteiger partial charge is 0.454 e. The maximum atomic E-state index is 13.1. The fraction of sp³-hybridized carbons (Fsp3) is 0.444. The van der Waals surface area contributed by atoms with Crippen LogP contribution in [0.3, 0.4) is 0 Å². The van der Waals surface area contributed by atoms with Crippen LogP contribution < -0.4 is 20.1 Å². The molecule has 0 unspecified atom stereocenters. The Morgan fingerprint density at radius 1 is 0.974 bits per heavy atom. The smallest absolute Gasteiger partial charge is 0.416 e. The SMILES string of the molecule is CC(C)CNC(=O)[C@H](NC(=O)c1ccc2c(c1)OCO2)C1CCN(C(=O)c2ccc(C(F)(F)F)cc2)CC1. The average Bonchev–Trinajstić information content (AvgIpc) is 3.37. The lowest BCUT2D eigenvalue weighted by molar-refractivity contribution is -0.137. The van der Waals surface area contributed by atoms with Crippen LogP contribution in [-0.2, 0) is 11.0 Å². The molecule has 0 aliphatic carbocycles. The van der Waals surface area contributed by atoms with E-state index in [0.717, 1.165) is 12.1 Å². The average molecular weight is 534 g/mol. The molecule has 2 aromatic carbocycles.